The summed E-state index contributed by atoms with van der Waals surface area (Å²) in [4.78, 5) is 12.1. The van der Waals surface area contributed by atoms with E-state index in [2.05, 4.69) is 40.2 Å². The molecular formula is C14H24BrN3O2. The first kappa shape index (κ1) is 17.2. The number of halogens is 1. The number of rotatable bonds is 9. The molecule has 6 heteroatoms. The van der Waals surface area contributed by atoms with Gasteiger partial charge in [-0.3, -0.25) is 4.79 Å². The standard InChI is InChI=1S/C14H24BrN3O2/c1-11(2)10-18-14(19)13(15)12(9-17-18)16-7-5-4-6-8-20-3/h9,11,16H,4-8,10H2,1-3H3. The molecule has 0 radical (unpaired) electrons. The number of nitrogens with zero attached hydrogens (tertiary/aromatic N) is 2. The van der Waals surface area contributed by atoms with Crippen LogP contribution < -0.4 is 10.9 Å². The minimum Gasteiger partial charge on any atom is -0.385 e. The van der Waals surface area contributed by atoms with E-state index in [1.165, 1.54) is 4.68 Å². The minimum atomic E-state index is -0.0805. The normalized spacial score (nSPS) is 11.1. The lowest BCUT2D eigenvalue weighted by atomic mass is 10.2. The Morgan fingerprint density at radius 3 is 2.80 bits per heavy atom. The Balaban J connectivity index is 2.51. The van der Waals surface area contributed by atoms with Crippen molar-refractivity contribution in [2.45, 2.75) is 39.7 Å². The van der Waals surface area contributed by atoms with Gasteiger partial charge in [0.15, 0.2) is 0 Å². The third kappa shape index (κ3) is 5.63. The number of ether oxygens (including phenoxy) is 1. The molecule has 1 aromatic rings. The first-order valence-corrected chi connectivity index (χ1v) is 7.84. The predicted octanol–water partition coefficient (Wildman–Crippen LogP) is 2.89. The van der Waals surface area contributed by atoms with Gasteiger partial charge in [0, 0.05) is 26.8 Å². The fraction of sp³-hybridized carbons (Fsp3) is 0.714. The number of hydrogen-bond donors (Lipinski definition) is 1. The summed E-state index contributed by atoms with van der Waals surface area (Å²) >= 11 is 3.36. The zero-order chi connectivity index (χ0) is 15.0. The number of unbranched alkanes of at least 4 members (excludes halogenated alkanes) is 2. The quantitative estimate of drug-likeness (QED) is 0.699. The maximum Gasteiger partial charge on any atom is 0.283 e. The summed E-state index contributed by atoms with van der Waals surface area (Å²) in [5.74, 6) is 0.395. The van der Waals surface area contributed by atoms with Gasteiger partial charge in [0.05, 0.1) is 11.9 Å². The van der Waals surface area contributed by atoms with E-state index in [9.17, 15) is 4.79 Å². The lowest BCUT2D eigenvalue weighted by Crippen LogP contribution is -2.26. The van der Waals surface area contributed by atoms with Crippen LogP contribution in [0.4, 0.5) is 5.69 Å². The minimum absolute atomic E-state index is 0.0805. The molecule has 0 aliphatic rings. The summed E-state index contributed by atoms with van der Waals surface area (Å²) in [6.45, 7) is 6.39. The molecule has 0 bridgehead atoms. The molecule has 114 valence electrons. The third-order valence-corrected chi connectivity index (χ3v) is 3.63. The number of hydrogen-bond acceptors (Lipinski definition) is 4. The van der Waals surface area contributed by atoms with Crippen LogP contribution in [0.3, 0.4) is 0 Å². The average Bonchev–Trinajstić information content (AvgIpc) is 2.41. The number of methoxy groups -OCH3 is 1. The molecule has 0 amide bonds. The van der Waals surface area contributed by atoms with Gasteiger partial charge in [-0.15, -0.1) is 0 Å². The Kier molecular flexibility index (Phi) is 7.84. The summed E-state index contributed by atoms with van der Waals surface area (Å²) < 4.78 is 7.06. The fourth-order valence-electron chi connectivity index (χ4n) is 1.84. The van der Waals surface area contributed by atoms with Crippen LogP contribution in [0.5, 0.6) is 0 Å². The molecule has 0 fully saturated rings. The Morgan fingerprint density at radius 1 is 1.40 bits per heavy atom. The highest BCUT2D eigenvalue weighted by Gasteiger charge is 2.09. The van der Waals surface area contributed by atoms with E-state index in [-0.39, 0.29) is 5.56 Å². The molecular weight excluding hydrogens is 322 g/mol. The Bertz CT molecular complexity index is 460. The lowest BCUT2D eigenvalue weighted by Gasteiger charge is -2.11. The summed E-state index contributed by atoms with van der Waals surface area (Å²) in [6.07, 6.45) is 4.93. The van der Waals surface area contributed by atoms with Crippen LogP contribution in [0.1, 0.15) is 33.1 Å². The molecule has 0 aliphatic heterocycles. The van der Waals surface area contributed by atoms with E-state index < -0.39 is 0 Å². The van der Waals surface area contributed by atoms with Crippen molar-refractivity contribution in [2.24, 2.45) is 5.92 Å². The topological polar surface area (TPSA) is 56.1 Å². The highest BCUT2D eigenvalue weighted by Crippen LogP contribution is 2.16. The van der Waals surface area contributed by atoms with Crippen molar-refractivity contribution in [1.29, 1.82) is 0 Å². The van der Waals surface area contributed by atoms with Crippen LogP contribution >= 0.6 is 15.9 Å². The van der Waals surface area contributed by atoms with Gasteiger partial charge in [-0.2, -0.15) is 5.10 Å². The largest absolute Gasteiger partial charge is 0.385 e. The molecule has 1 heterocycles. The van der Waals surface area contributed by atoms with Crippen molar-refractivity contribution in [3.05, 3.63) is 21.0 Å². The fourth-order valence-corrected chi connectivity index (χ4v) is 2.28. The Labute approximate surface area is 128 Å². The smallest absolute Gasteiger partial charge is 0.283 e. The van der Waals surface area contributed by atoms with Crippen LogP contribution in [0.25, 0.3) is 0 Å². The monoisotopic (exact) mass is 345 g/mol. The van der Waals surface area contributed by atoms with Crippen LogP contribution in [0.2, 0.25) is 0 Å². The molecule has 1 aromatic heterocycles. The Morgan fingerprint density at radius 2 is 2.15 bits per heavy atom. The summed E-state index contributed by atoms with van der Waals surface area (Å²) in [5.41, 5.74) is 0.685. The van der Waals surface area contributed by atoms with Crippen molar-refractivity contribution in [1.82, 2.24) is 9.78 Å². The molecule has 0 unspecified atom stereocenters. The maximum absolute atomic E-state index is 12.1. The van der Waals surface area contributed by atoms with E-state index in [1.807, 2.05) is 0 Å². The zero-order valence-electron chi connectivity index (χ0n) is 12.5. The van der Waals surface area contributed by atoms with E-state index in [0.29, 0.717) is 16.9 Å². The summed E-state index contributed by atoms with van der Waals surface area (Å²) in [7, 11) is 1.72. The van der Waals surface area contributed by atoms with Crippen LogP contribution in [0.15, 0.2) is 15.5 Å². The van der Waals surface area contributed by atoms with Gasteiger partial charge in [0.1, 0.15) is 4.47 Å². The van der Waals surface area contributed by atoms with Crippen LogP contribution in [-0.2, 0) is 11.3 Å². The summed E-state index contributed by atoms with van der Waals surface area (Å²) in [6, 6.07) is 0. The first-order valence-electron chi connectivity index (χ1n) is 7.04. The second kappa shape index (κ2) is 9.13. The van der Waals surface area contributed by atoms with Gasteiger partial charge in [0.25, 0.3) is 5.56 Å². The van der Waals surface area contributed by atoms with E-state index in [4.69, 9.17) is 4.74 Å². The van der Waals surface area contributed by atoms with Crippen molar-refractivity contribution >= 4 is 21.6 Å². The summed E-state index contributed by atoms with van der Waals surface area (Å²) in [5, 5.41) is 7.45. The van der Waals surface area contributed by atoms with Crippen molar-refractivity contribution in [2.75, 3.05) is 25.6 Å². The van der Waals surface area contributed by atoms with E-state index in [0.717, 1.165) is 38.1 Å². The molecule has 1 N–H and O–H groups in total. The number of anilines is 1. The van der Waals surface area contributed by atoms with E-state index in [1.54, 1.807) is 13.3 Å². The van der Waals surface area contributed by atoms with Crippen molar-refractivity contribution in [3.63, 3.8) is 0 Å². The lowest BCUT2D eigenvalue weighted by molar-refractivity contribution is 0.192. The molecule has 0 aliphatic carbocycles. The SMILES string of the molecule is COCCCCCNc1cnn(CC(C)C)c(=O)c1Br. The van der Waals surface area contributed by atoms with Crippen LogP contribution in [0, 0.1) is 5.92 Å². The van der Waals surface area contributed by atoms with Gasteiger partial charge in [0.2, 0.25) is 0 Å². The molecule has 0 aromatic carbocycles. The predicted molar refractivity (Wildman–Crippen MR) is 85.3 cm³/mol. The van der Waals surface area contributed by atoms with Gasteiger partial charge in [-0.05, 0) is 41.1 Å². The van der Waals surface area contributed by atoms with Crippen molar-refractivity contribution in [3.8, 4) is 0 Å². The van der Waals surface area contributed by atoms with Gasteiger partial charge in [-0.1, -0.05) is 13.8 Å². The Hall–Kier alpha value is -0.880. The second-order valence-electron chi connectivity index (χ2n) is 5.23. The first-order chi connectivity index (χ1) is 9.56. The van der Waals surface area contributed by atoms with Gasteiger partial charge in [-0.25, -0.2) is 4.68 Å². The van der Waals surface area contributed by atoms with Crippen LogP contribution in [-0.4, -0.2) is 30.0 Å². The van der Waals surface area contributed by atoms with Gasteiger partial charge >= 0.3 is 0 Å². The molecule has 0 saturated heterocycles. The highest BCUT2D eigenvalue weighted by molar-refractivity contribution is 9.10. The highest BCUT2D eigenvalue weighted by atomic mass is 79.9. The maximum atomic E-state index is 12.1. The van der Waals surface area contributed by atoms with Gasteiger partial charge < -0.3 is 10.1 Å². The number of aromatic nitrogens is 2. The molecule has 0 atom stereocenters. The zero-order valence-corrected chi connectivity index (χ0v) is 14.1. The molecule has 1 rings (SSSR count). The molecule has 20 heavy (non-hydrogen) atoms. The average molecular weight is 346 g/mol. The molecule has 5 nitrogen and oxygen atoms in total. The van der Waals surface area contributed by atoms with E-state index >= 15 is 0 Å². The second-order valence-corrected chi connectivity index (χ2v) is 6.03. The third-order valence-electron chi connectivity index (χ3n) is 2.86. The molecule has 0 saturated carbocycles. The molecule has 0 spiro atoms. The van der Waals surface area contributed by atoms with Crippen molar-refractivity contribution < 1.29 is 4.74 Å². The number of nitrogens with one attached hydrogen (secondary N) is 1.